The van der Waals surface area contributed by atoms with Crippen LogP contribution < -0.4 is 5.73 Å². The minimum atomic E-state index is 0.367. The molecule has 1 nitrogen and oxygen atoms in total. The maximum absolute atomic E-state index is 6.03. The summed E-state index contributed by atoms with van der Waals surface area (Å²) in [5.74, 6) is 0.629. The molecule has 0 aliphatic heterocycles. The zero-order chi connectivity index (χ0) is 13.5. The molecule has 0 heterocycles. The molecule has 0 aliphatic rings. The number of rotatable bonds is 7. The molecule has 2 atom stereocenters. The molecule has 1 aromatic rings. The van der Waals surface area contributed by atoms with Gasteiger partial charge in [-0.25, -0.2) is 0 Å². The van der Waals surface area contributed by atoms with Crippen LogP contribution in [0.1, 0.15) is 69.6 Å². The largest absolute Gasteiger partial charge is 0.328 e. The Balaban J connectivity index is 2.78. The molecule has 2 unspecified atom stereocenters. The van der Waals surface area contributed by atoms with E-state index in [1.807, 2.05) is 0 Å². The molecule has 0 saturated heterocycles. The van der Waals surface area contributed by atoms with E-state index < -0.39 is 0 Å². The number of aryl methyl sites for hydroxylation is 2. The predicted molar refractivity (Wildman–Crippen MR) is 81.1 cm³/mol. The third-order valence-corrected chi connectivity index (χ3v) is 4.03. The summed E-state index contributed by atoms with van der Waals surface area (Å²) in [6.45, 7) is 8.98. The van der Waals surface area contributed by atoms with Crippen molar-refractivity contribution in [3.05, 3.63) is 34.9 Å². The van der Waals surface area contributed by atoms with Crippen molar-refractivity contribution in [2.24, 2.45) is 5.73 Å². The minimum Gasteiger partial charge on any atom is -0.328 e. The molecule has 1 rings (SSSR count). The second-order valence-electron chi connectivity index (χ2n) is 5.39. The maximum Gasteiger partial charge on any atom is 0.00364 e. The molecular formula is C17H29N. The van der Waals surface area contributed by atoms with Gasteiger partial charge in [-0.15, -0.1) is 0 Å². The van der Waals surface area contributed by atoms with Crippen molar-refractivity contribution in [3.8, 4) is 0 Å². The second-order valence-corrected chi connectivity index (χ2v) is 5.39. The van der Waals surface area contributed by atoms with E-state index in [1.54, 1.807) is 5.56 Å². The molecule has 0 aromatic heterocycles. The first-order valence-electron chi connectivity index (χ1n) is 7.49. The van der Waals surface area contributed by atoms with Crippen LogP contribution in [0.5, 0.6) is 0 Å². The maximum atomic E-state index is 6.03. The third kappa shape index (κ3) is 4.13. The van der Waals surface area contributed by atoms with E-state index in [2.05, 4.69) is 45.9 Å². The smallest absolute Gasteiger partial charge is 0.00364 e. The van der Waals surface area contributed by atoms with E-state index in [4.69, 9.17) is 5.73 Å². The fraction of sp³-hybridized carbons (Fsp3) is 0.647. The quantitative estimate of drug-likeness (QED) is 0.757. The van der Waals surface area contributed by atoms with Crippen molar-refractivity contribution >= 4 is 0 Å². The highest BCUT2D eigenvalue weighted by Crippen LogP contribution is 2.26. The lowest BCUT2D eigenvalue weighted by atomic mass is 9.88. The van der Waals surface area contributed by atoms with Crippen LogP contribution in [0.3, 0.4) is 0 Å². The van der Waals surface area contributed by atoms with Gasteiger partial charge in [0, 0.05) is 6.04 Å². The van der Waals surface area contributed by atoms with Gasteiger partial charge in [0.1, 0.15) is 0 Å². The van der Waals surface area contributed by atoms with Gasteiger partial charge in [0.25, 0.3) is 0 Å². The molecule has 0 radical (unpaired) electrons. The Morgan fingerprint density at radius 1 is 1.06 bits per heavy atom. The van der Waals surface area contributed by atoms with Crippen LogP contribution in [-0.2, 0) is 12.8 Å². The van der Waals surface area contributed by atoms with Gasteiger partial charge in [0.2, 0.25) is 0 Å². The van der Waals surface area contributed by atoms with Gasteiger partial charge >= 0.3 is 0 Å². The first-order valence-corrected chi connectivity index (χ1v) is 7.49. The minimum absolute atomic E-state index is 0.367. The normalized spacial score (nSPS) is 14.5. The van der Waals surface area contributed by atoms with Crippen molar-refractivity contribution in [3.63, 3.8) is 0 Å². The molecule has 18 heavy (non-hydrogen) atoms. The van der Waals surface area contributed by atoms with E-state index in [9.17, 15) is 0 Å². The molecular weight excluding hydrogens is 218 g/mol. The molecule has 1 aromatic carbocycles. The highest BCUT2D eigenvalue weighted by atomic mass is 14.6. The Morgan fingerprint density at radius 3 is 2.33 bits per heavy atom. The molecule has 2 N–H and O–H groups in total. The van der Waals surface area contributed by atoms with E-state index in [-0.39, 0.29) is 0 Å². The molecule has 0 bridgehead atoms. The Labute approximate surface area is 113 Å². The van der Waals surface area contributed by atoms with E-state index in [0.29, 0.717) is 12.0 Å². The Hall–Kier alpha value is -0.820. The summed E-state index contributed by atoms with van der Waals surface area (Å²) in [4.78, 5) is 0. The highest BCUT2D eigenvalue weighted by molar-refractivity contribution is 5.34. The topological polar surface area (TPSA) is 26.0 Å². The van der Waals surface area contributed by atoms with Gasteiger partial charge in [-0.3, -0.25) is 0 Å². The van der Waals surface area contributed by atoms with Crippen LogP contribution in [0.2, 0.25) is 0 Å². The van der Waals surface area contributed by atoms with E-state index >= 15 is 0 Å². The first kappa shape index (κ1) is 15.2. The zero-order valence-corrected chi connectivity index (χ0v) is 12.5. The predicted octanol–water partition coefficient (Wildman–Crippen LogP) is 4.43. The van der Waals surface area contributed by atoms with Gasteiger partial charge in [-0.05, 0) is 54.7 Å². The van der Waals surface area contributed by atoms with Gasteiger partial charge in [0.15, 0.2) is 0 Å². The van der Waals surface area contributed by atoms with Crippen LogP contribution in [0.4, 0.5) is 0 Å². The number of hydrogen-bond donors (Lipinski definition) is 1. The fourth-order valence-corrected chi connectivity index (χ4v) is 2.47. The Kier molecular flexibility index (Phi) is 6.42. The van der Waals surface area contributed by atoms with Crippen LogP contribution >= 0.6 is 0 Å². The van der Waals surface area contributed by atoms with Gasteiger partial charge in [-0.1, -0.05) is 45.9 Å². The lowest BCUT2D eigenvalue weighted by molar-refractivity contribution is 0.529. The van der Waals surface area contributed by atoms with Crippen molar-refractivity contribution in [1.29, 1.82) is 0 Å². The van der Waals surface area contributed by atoms with Crippen molar-refractivity contribution < 1.29 is 0 Å². The summed E-state index contributed by atoms with van der Waals surface area (Å²) in [5.41, 5.74) is 10.5. The van der Waals surface area contributed by atoms with Gasteiger partial charge in [0.05, 0.1) is 0 Å². The Morgan fingerprint density at radius 2 is 1.78 bits per heavy atom. The fourth-order valence-electron chi connectivity index (χ4n) is 2.47. The number of nitrogens with two attached hydrogens (primary N) is 1. The van der Waals surface area contributed by atoms with E-state index in [0.717, 1.165) is 25.7 Å². The van der Waals surface area contributed by atoms with Crippen LogP contribution in [0.15, 0.2) is 18.2 Å². The summed E-state index contributed by atoms with van der Waals surface area (Å²) < 4.78 is 0. The summed E-state index contributed by atoms with van der Waals surface area (Å²) in [5, 5.41) is 0. The molecule has 102 valence electrons. The molecule has 0 spiro atoms. The summed E-state index contributed by atoms with van der Waals surface area (Å²) in [6, 6.07) is 7.35. The van der Waals surface area contributed by atoms with Crippen molar-refractivity contribution in [2.45, 2.75) is 71.8 Å². The second kappa shape index (κ2) is 7.58. The summed E-state index contributed by atoms with van der Waals surface area (Å²) in [6.07, 6.45) is 5.68. The van der Waals surface area contributed by atoms with Gasteiger partial charge < -0.3 is 5.73 Å². The monoisotopic (exact) mass is 247 g/mol. The third-order valence-electron chi connectivity index (χ3n) is 4.03. The lowest BCUT2D eigenvalue weighted by Crippen LogP contribution is -2.19. The molecule has 0 saturated carbocycles. The van der Waals surface area contributed by atoms with Crippen LogP contribution in [0, 0.1) is 0 Å². The molecule has 0 aliphatic carbocycles. The number of benzene rings is 1. The van der Waals surface area contributed by atoms with Crippen LogP contribution in [0.25, 0.3) is 0 Å². The average Bonchev–Trinajstić information content (AvgIpc) is 2.43. The highest BCUT2D eigenvalue weighted by Gasteiger charge is 2.12. The van der Waals surface area contributed by atoms with Crippen molar-refractivity contribution in [1.82, 2.24) is 0 Å². The summed E-state index contributed by atoms with van der Waals surface area (Å²) >= 11 is 0. The average molecular weight is 247 g/mol. The van der Waals surface area contributed by atoms with Crippen LogP contribution in [-0.4, -0.2) is 6.04 Å². The standard InChI is InChI=1S/C17H29N/c1-5-14-9-10-15(6-2)17(12-14)13(4)8-11-16(18)7-3/h9-10,12-13,16H,5-8,11,18H2,1-4H3. The lowest BCUT2D eigenvalue weighted by Gasteiger charge is -2.19. The van der Waals surface area contributed by atoms with Gasteiger partial charge in [-0.2, -0.15) is 0 Å². The SMILES string of the molecule is CCc1ccc(CC)c(C(C)CCC(N)CC)c1. The number of hydrogen-bond acceptors (Lipinski definition) is 1. The Bertz CT molecular complexity index is 357. The van der Waals surface area contributed by atoms with Crippen molar-refractivity contribution in [2.75, 3.05) is 0 Å². The molecule has 0 fully saturated rings. The molecule has 0 amide bonds. The first-order chi connectivity index (χ1) is 8.62. The summed E-state index contributed by atoms with van der Waals surface area (Å²) in [7, 11) is 0. The van der Waals surface area contributed by atoms with E-state index in [1.165, 1.54) is 17.5 Å². The zero-order valence-electron chi connectivity index (χ0n) is 12.5. The molecule has 1 heteroatoms.